The van der Waals surface area contributed by atoms with Crippen LogP contribution in [0.3, 0.4) is 0 Å². The van der Waals surface area contributed by atoms with E-state index in [0.717, 1.165) is 19.0 Å². The summed E-state index contributed by atoms with van der Waals surface area (Å²) in [4.78, 5) is 0. The molecule has 15 heavy (non-hydrogen) atoms. The molecule has 1 rings (SSSR count). The number of hydrogen-bond donors (Lipinski definition) is 2. The minimum Gasteiger partial charge on any atom is -0.330 e. The van der Waals surface area contributed by atoms with Crippen molar-refractivity contribution in [3.63, 3.8) is 0 Å². The van der Waals surface area contributed by atoms with E-state index in [0.29, 0.717) is 10.8 Å². The third-order valence-electron chi connectivity index (χ3n) is 4.54. The normalized spacial score (nSPS) is 24.2. The molecule has 0 heterocycles. The Balaban J connectivity index is 2.23. The van der Waals surface area contributed by atoms with Gasteiger partial charge in [0.25, 0.3) is 0 Å². The first kappa shape index (κ1) is 13.0. The van der Waals surface area contributed by atoms with Crippen LogP contribution in [0.4, 0.5) is 0 Å². The highest BCUT2D eigenvalue weighted by Crippen LogP contribution is 2.51. The molecule has 3 N–H and O–H groups in total. The molecular weight excluding hydrogens is 184 g/mol. The van der Waals surface area contributed by atoms with Gasteiger partial charge in [0.15, 0.2) is 0 Å². The summed E-state index contributed by atoms with van der Waals surface area (Å²) in [6.07, 6.45) is 3.75. The molecule has 0 aromatic rings. The summed E-state index contributed by atoms with van der Waals surface area (Å²) in [5.74, 6) is 0.890. The first-order chi connectivity index (χ1) is 6.99. The van der Waals surface area contributed by atoms with Crippen molar-refractivity contribution in [2.45, 2.75) is 47.0 Å². The molecule has 1 unspecified atom stereocenters. The molecule has 0 aromatic carbocycles. The SMILES string of the molecule is CCC(CC)(CN)CNCC1CC1(C)C. The van der Waals surface area contributed by atoms with Crippen LogP contribution < -0.4 is 11.1 Å². The van der Waals surface area contributed by atoms with Crippen molar-refractivity contribution >= 4 is 0 Å². The van der Waals surface area contributed by atoms with Gasteiger partial charge in [0.1, 0.15) is 0 Å². The Labute approximate surface area is 95.0 Å². The molecule has 0 aromatic heterocycles. The molecule has 90 valence electrons. The lowest BCUT2D eigenvalue weighted by Gasteiger charge is -2.30. The number of nitrogens with two attached hydrogens (primary N) is 1. The van der Waals surface area contributed by atoms with Crippen LogP contribution in [0, 0.1) is 16.7 Å². The van der Waals surface area contributed by atoms with Crippen LogP contribution in [0.5, 0.6) is 0 Å². The minimum atomic E-state index is 0.332. The predicted octanol–water partition coefficient (Wildman–Crippen LogP) is 2.39. The highest BCUT2D eigenvalue weighted by Gasteiger charge is 2.44. The zero-order valence-corrected chi connectivity index (χ0v) is 10.9. The van der Waals surface area contributed by atoms with E-state index >= 15 is 0 Å². The molecule has 2 nitrogen and oxygen atoms in total. The highest BCUT2D eigenvalue weighted by molar-refractivity contribution is 4.96. The van der Waals surface area contributed by atoms with Crippen LogP contribution in [0.15, 0.2) is 0 Å². The number of nitrogens with one attached hydrogen (secondary N) is 1. The Hall–Kier alpha value is -0.0800. The largest absolute Gasteiger partial charge is 0.330 e. The summed E-state index contributed by atoms with van der Waals surface area (Å²) >= 11 is 0. The van der Waals surface area contributed by atoms with Gasteiger partial charge in [-0.05, 0) is 49.1 Å². The highest BCUT2D eigenvalue weighted by atomic mass is 14.9. The van der Waals surface area contributed by atoms with Gasteiger partial charge in [0.05, 0.1) is 0 Å². The lowest BCUT2D eigenvalue weighted by molar-refractivity contribution is 0.256. The van der Waals surface area contributed by atoms with Crippen LogP contribution >= 0.6 is 0 Å². The molecule has 1 fully saturated rings. The summed E-state index contributed by atoms with van der Waals surface area (Å²) in [6, 6.07) is 0. The van der Waals surface area contributed by atoms with Gasteiger partial charge < -0.3 is 11.1 Å². The van der Waals surface area contributed by atoms with Gasteiger partial charge in [0, 0.05) is 6.54 Å². The maximum Gasteiger partial charge on any atom is 0.00198 e. The van der Waals surface area contributed by atoms with Crippen LogP contribution in [0.2, 0.25) is 0 Å². The van der Waals surface area contributed by atoms with E-state index in [2.05, 4.69) is 33.0 Å². The second kappa shape index (κ2) is 4.84. The van der Waals surface area contributed by atoms with Crippen molar-refractivity contribution in [1.29, 1.82) is 0 Å². The average molecular weight is 212 g/mol. The van der Waals surface area contributed by atoms with Gasteiger partial charge in [-0.15, -0.1) is 0 Å². The van der Waals surface area contributed by atoms with Crippen molar-refractivity contribution in [1.82, 2.24) is 5.32 Å². The standard InChI is InChI=1S/C13H28N2/c1-5-13(6-2,9-14)10-15-8-11-7-12(11,3)4/h11,15H,5-10,14H2,1-4H3. The molecule has 0 amide bonds. The molecule has 1 aliphatic carbocycles. The van der Waals surface area contributed by atoms with Crippen LogP contribution in [-0.4, -0.2) is 19.6 Å². The number of hydrogen-bond acceptors (Lipinski definition) is 2. The average Bonchev–Trinajstić information content (AvgIpc) is 2.82. The molecule has 0 aliphatic heterocycles. The Morgan fingerprint density at radius 1 is 1.33 bits per heavy atom. The fraction of sp³-hybridized carbons (Fsp3) is 1.00. The fourth-order valence-corrected chi connectivity index (χ4v) is 2.30. The Morgan fingerprint density at radius 3 is 2.20 bits per heavy atom. The van der Waals surface area contributed by atoms with Gasteiger partial charge in [-0.2, -0.15) is 0 Å². The van der Waals surface area contributed by atoms with Gasteiger partial charge >= 0.3 is 0 Å². The first-order valence-electron chi connectivity index (χ1n) is 6.40. The van der Waals surface area contributed by atoms with Crippen molar-refractivity contribution < 1.29 is 0 Å². The van der Waals surface area contributed by atoms with Gasteiger partial charge in [-0.1, -0.05) is 27.7 Å². The van der Waals surface area contributed by atoms with E-state index in [1.807, 2.05) is 0 Å². The summed E-state index contributed by atoms with van der Waals surface area (Å²) in [7, 11) is 0. The Morgan fingerprint density at radius 2 is 1.87 bits per heavy atom. The molecular formula is C13H28N2. The van der Waals surface area contributed by atoms with Crippen LogP contribution in [0.1, 0.15) is 47.0 Å². The van der Waals surface area contributed by atoms with E-state index < -0.39 is 0 Å². The van der Waals surface area contributed by atoms with E-state index in [1.54, 1.807) is 0 Å². The van der Waals surface area contributed by atoms with Crippen LogP contribution in [0.25, 0.3) is 0 Å². The van der Waals surface area contributed by atoms with E-state index in [1.165, 1.54) is 25.8 Å². The van der Waals surface area contributed by atoms with Crippen molar-refractivity contribution in [3.8, 4) is 0 Å². The fourth-order valence-electron chi connectivity index (χ4n) is 2.30. The summed E-state index contributed by atoms with van der Waals surface area (Å²) in [6.45, 7) is 12.3. The summed E-state index contributed by atoms with van der Waals surface area (Å²) in [5, 5.41) is 3.62. The zero-order chi connectivity index (χ0) is 11.5. The topological polar surface area (TPSA) is 38.0 Å². The lowest BCUT2D eigenvalue weighted by atomic mass is 9.82. The molecule has 0 spiro atoms. The maximum absolute atomic E-state index is 5.87. The smallest absolute Gasteiger partial charge is 0.00198 e. The van der Waals surface area contributed by atoms with Crippen LogP contribution in [-0.2, 0) is 0 Å². The third kappa shape index (κ3) is 3.18. The molecule has 1 aliphatic rings. The molecule has 0 saturated heterocycles. The first-order valence-corrected chi connectivity index (χ1v) is 6.40. The number of rotatable bonds is 7. The summed E-state index contributed by atoms with van der Waals surface area (Å²) < 4.78 is 0. The Bertz CT molecular complexity index is 186. The monoisotopic (exact) mass is 212 g/mol. The van der Waals surface area contributed by atoms with Gasteiger partial charge in [-0.3, -0.25) is 0 Å². The molecule has 1 atom stereocenters. The van der Waals surface area contributed by atoms with Crippen molar-refractivity contribution in [3.05, 3.63) is 0 Å². The minimum absolute atomic E-state index is 0.332. The van der Waals surface area contributed by atoms with Crippen molar-refractivity contribution in [2.24, 2.45) is 22.5 Å². The lowest BCUT2D eigenvalue weighted by Crippen LogP contribution is -2.40. The molecule has 0 bridgehead atoms. The van der Waals surface area contributed by atoms with Crippen molar-refractivity contribution in [2.75, 3.05) is 19.6 Å². The maximum atomic E-state index is 5.87. The molecule has 1 saturated carbocycles. The summed E-state index contributed by atoms with van der Waals surface area (Å²) in [5.41, 5.74) is 6.80. The second-order valence-electron chi connectivity index (χ2n) is 5.93. The van der Waals surface area contributed by atoms with Gasteiger partial charge in [-0.25, -0.2) is 0 Å². The third-order valence-corrected chi connectivity index (χ3v) is 4.54. The van der Waals surface area contributed by atoms with E-state index in [4.69, 9.17) is 5.73 Å². The molecule has 0 radical (unpaired) electrons. The van der Waals surface area contributed by atoms with Gasteiger partial charge in [0.2, 0.25) is 0 Å². The zero-order valence-electron chi connectivity index (χ0n) is 10.9. The second-order valence-corrected chi connectivity index (χ2v) is 5.93. The van der Waals surface area contributed by atoms with E-state index in [9.17, 15) is 0 Å². The van der Waals surface area contributed by atoms with E-state index in [-0.39, 0.29) is 0 Å². The predicted molar refractivity (Wildman–Crippen MR) is 66.8 cm³/mol. The quantitative estimate of drug-likeness (QED) is 0.680. The Kier molecular flexibility index (Phi) is 4.19. The molecule has 2 heteroatoms.